The van der Waals surface area contributed by atoms with Crippen LogP contribution in [0.1, 0.15) is 10.4 Å². The van der Waals surface area contributed by atoms with Gasteiger partial charge in [0.25, 0.3) is 0 Å². The van der Waals surface area contributed by atoms with Crippen molar-refractivity contribution in [2.24, 2.45) is 0 Å². The number of carboxylic acid groups (broad SMARTS) is 1. The van der Waals surface area contributed by atoms with Crippen LogP contribution in [-0.4, -0.2) is 21.3 Å². The maximum Gasteiger partial charge on any atom is 0.344 e. The van der Waals surface area contributed by atoms with Gasteiger partial charge in [-0.15, -0.1) is 0 Å². The number of carboxylic acids is 1. The van der Waals surface area contributed by atoms with Crippen molar-refractivity contribution >= 4 is 16.9 Å². The van der Waals surface area contributed by atoms with E-state index in [1.165, 1.54) is 6.07 Å². The monoisotopic (exact) mass is 298 g/mol. The summed E-state index contributed by atoms with van der Waals surface area (Å²) >= 11 is 0. The van der Waals surface area contributed by atoms with Gasteiger partial charge in [0, 0.05) is 10.9 Å². The molecule has 0 atom stereocenters. The third-order valence-corrected chi connectivity index (χ3v) is 3.28. The maximum atomic E-state index is 12.1. The maximum absolute atomic E-state index is 12.1. The number of phenols is 2. The van der Waals surface area contributed by atoms with Gasteiger partial charge in [-0.05, 0) is 24.3 Å². The molecule has 0 bridgehead atoms. The lowest BCUT2D eigenvalue weighted by atomic mass is 9.99. The molecule has 0 aliphatic rings. The minimum atomic E-state index is -1.34. The molecule has 22 heavy (non-hydrogen) atoms. The number of aromatic hydroxyl groups is 2. The van der Waals surface area contributed by atoms with E-state index >= 15 is 0 Å². The Labute approximate surface area is 123 Å². The van der Waals surface area contributed by atoms with E-state index in [2.05, 4.69) is 0 Å². The first-order valence-corrected chi connectivity index (χ1v) is 6.30. The number of para-hydroxylation sites is 1. The molecule has 0 spiro atoms. The number of benzene rings is 2. The van der Waals surface area contributed by atoms with Gasteiger partial charge in [-0.3, -0.25) is 0 Å². The third kappa shape index (κ3) is 2.16. The number of hydrogen-bond donors (Lipinski definition) is 3. The minimum absolute atomic E-state index is 0.00796. The average Bonchev–Trinajstić information content (AvgIpc) is 2.48. The van der Waals surface area contributed by atoms with Gasteiger partial charge >= 0.3 is 11.6 Å². The van der Waals surface area contributed by atoms with E-state index in [1.807, 2.05) is 0 Å². The number of hydrogen-bond acceptors (Lipinski definition) is 5. The first-order valence-electron chi connectivity index (χ1n) is 6.30. The zero-order chi connectivity index (χ0) is 15.9. The summed E-state index contributed by atoms with van der Waals surface area (Å²) in [5.41, 5.74) is -0.700. The summed E-state index contributed by atoms with van der Waals surface area (Å²) in [6.45, 7) is 0. The normalized spacial score (nSPS) is 10.7. The number of aromatic carboxylic acids is 1. The van der Waals surface area contributed by atoms with Gasteiger partial charge in [-0.25, -0.2) is 9.59 Å². The molecule has 3 N–H and O–H groups in total. The molecule has 110 valence electrons. The quantitative estimate of drug-likeness (QED) is 0.495. The van der Waals surface area contributed by atoms with Crippen LogP contribution in [0.25, 0.3) is 22.1 Å². The molecule has 6 nitrogen and oxygen atoms in total. The van der Waals surface area contributed by atoms with Gasteiger partial charge in [0.05, 0.1) is 11.1 Å². The van der Waals surface area contributed by atoms with E-state index in [-0.39, 0.29) is 16.7 Å². The Morgan fingerprint density at radius 1 is 0.955 bits per heavy atom. The molecule has 0 amide bonds. The molecule has 0 aliphatic carbocycles. The standard InChI is InChI=1S/C16H10O6/c17-12-6-9(10(15(19)20)7-13(12)18)11-5-8-3-1-2-4-14(8)22-16(11)21/h1-7,17-18H,(H,19,20). The van der Waals surface area contributed by atoms with Crippen molar-refractivity contribution in [2.45, 2.75) is 0 Å². The molecule has 6 heteroatoms. The number of phenolic OH excluding ortho intramolecular Hbond substituents is 2. The molecule has 0 aliphatic heterocycles. The highest BCUT2D eigenvalue weighted by molar-refractivity contribution is 5.98. The van der Waals surface area contributed by atoms with E-state index in [0.717, 1.165) is 12.1 Å². The van der Waals surface area contributed by atoms with Crippen LogP contribution in [0.2, 0.25) is 0 Å². The van der Waals surface area contributed by atoms with Crippen LogP contribution in [0.5, 0.6) is 11.5 Å². The van der Waals surface area contributed by atoms with Crippen molar-refractivity contribution in [1.82, 2.24) is 0 Å². The molecule has 0 fully saturated rings. The van der Waals surface area contributed by atoms with Gasteiger partial charge < -0.3 is 19.7 Å². The lowest BCUT2D eigenvalue weighted by Gasteiger charge is -2.08. The fourth-order valence-electron chi connectivity index (χ4n) is 2.23. The van der Waals surface area contributed by atoms with Crippen LogP contribution >= 0.6 is 0 Å². The van der Waals surface area contributed by atoms with Crippen molar-refractivity contribution in [1.29, 1.82) is 0 Å². The highest BCUT2D eigenvalue weighted by atomic mass is 16.4. The largest absolute Gasteiger partial charge is 0.504 e. The second kappa shape index (κ2) is 4.92. The molecule has 0 saturated heterocycles. The average molecular weight is 298 g/mol. The minimum Gasteiger partial charge on any atom is -0.504 e. The third-order valence-electron chi connectivity index (χ3n) is 3.28. The van der Waals surface area contributed by atoms with Crippen molar-refractivity contribution < 1.29 is 24.5 Å². The summed E-state index contributed by atoms with van der Waals surface area (Å²) in [5, 5.41) is 28.9. The second-order valence-electron chi connectivity index (χ2n) is 4.68. The summed E-state index contributed by atoms with van der Waals surface area (Å²) in [6, 6.07) is 10.2. The second-order valence-corrected chi connectivity index (χ2v) is 4.68. The van der Waals surface area contributed by atoms with Crippen LogP contribution in [0.15, 0.2) is 51.7 Å². The first-order chi connectivity index (χ1) is 10.5. The summed E-state index contributed by atoms with van der Waals surface area (Å²) in [4.78, 5) is 23.4. The number of rotatable bonds is 2. The van der Waals surface area contributed by atoms with Crippen LogP contribution in [-0.2, 0) is 0 Å². The van der Waals surface area contributed by atoms with Crippen molar-refractivity contribution in [3.63, 3.8) is 0 Å². The van der Waals surface area contributed by atoms with Gasteiger partial charge in [0.2, 0.25) is 0 Å². The molecule has 0 unspecified atom stereocenters. The van der Waals surface area contributed by atoms with Crippen LogP contribution in [0, 0.1) is 0 Å². The highest BCUT2D eigenvalue weighted by Crippen LogP contribution is 2.34. The molecule has 1 aromatic heterocycles. The molecular weight excluding hydrogens is 288 g/mol. The summed E-state index contributed by atoms with van der Waals surface area (Å²) in [5.74, 6) is -2.43. The Kier molecular flexibility index (Phi) is 3.06. The number of carbonyl (C=O) groups is 1. The van der Waals surface area contributed by atoms with E-state index in [9.17, 15) is 24.9 Å². The zero-order valence-corrected chi connectivity index (χ0v) is 11.1. The van der Waals surface area contributed by atoms with Crippen molar-refractivity contribution in [3.05, 3.63) is 58.4 Å². The lowest BCUT2D eigenvalue weighted by molar-refractivity contribution is 0.0697. The van der Waals surface area contributed by atoms with E-state index in [1.54, 1.807) is 24.3 Å². The van der Waals surface area contributed by atoms with E-state index in [0.29, 0.717) is 11.0 Å². The highest BCUT2D eigenvalue weighted by Gasteiger charge is 2.19. The Morgan fingerprint density at radius 2 is 1.64 bits per heavy atom. The molecule has 3 aromatic rings. The Bertz CT molecular complexity index is 954. The Balaban J connectivity index is 2.36. The smallest absolute Gasteiger partial charge is 0.344 e. The van der Waals surface area contributed by atoms with Crippen LogP contribution in [0.4, 0.5) is 0 Å². The zero-order valence-electron chi connectivity index (χ0n) is 11.1. The van der Waals surface area contributed by atoms with Crippen LogP contribution in [0.3, 0.4) is 0 Å². The van der Waals surface area contributed by atoms with Crippen molar-refractivity contribution in [2.75, 3.05) is 0 Å². The molecule has 2 aromatic carbocycles. The van der Waals surface area contributed by atoms with Crippen molar-refractivity contribution in [3.8, 4) is 22.6 Å². The lowest BCUT2D eigenvalue weighted by Crippen LogP contribution is -2.07. The summed E-state index contributed by atoms with van der Waals surface area (Å²) < 4.78 is 5.16. The van der Waals surface area contributed by atoms with Gasteiger partial charge in [0.1, 0.15) is 5.58 Å². The first kappa shape index (κ1) is 13.7. The predicted molar refractivity (Wildman–Crippen MR) is 78.2 cm³/mol. The Hall–Kier alpha value is -3.28. The van der Waals surface area contributed by atoms with E-state index < -0.39 is 23.1 Å². The predicted octanol–water partition coefficient (Wildman–Crippen LogP) is 2.57. The topological polar surface area (TPSA) is 108 Å². The summed E-state index contributed by atoms with van der Waals surface area (Å²) in [6.07, 6.45) is 0. The van der Waals surface area contributed by atoms with Gasteiger partial charge in [-0.1, -0.05) is 18.2 Å². The SMILES string of the molecule is O=C(O)c1cc(O)c(O)cc1-c1cc2ccccc2oc1=O. The van der Waals surface area contributed by atoms with Gasteiger partial charge in [0.15, 0.2) is 11.5 Å². The van der Waals surface area contributed by atoms with E-state index in [4.69, 9.17) is 4.42 Å². The fraction of sp³-hybridized carbons (Fsp3) is 0. The molecule has 0 saturated carbocycles. The fourth-order valence-corrected chi connectivity index (χ4v) is 2.23. The summed E-state index contributed by atoms with van der Waals surface area (Å²) in [7, 11) is 0. The molecular formula is C16H10O6. The Morgan fingerprint density at radius 3 is 2.36 bits per heavy atom. The van der Waals surface area contributed by atoms with Gasteiger partial charge in [-0.2, -0.15) is 0 Å². The molecule has 3 rings (SSSR count). The molecule has 1 heterocycles. The molecule has 0 radical (unpaired) electrons. The van der Waals surface area contributed by atoms with Crippen LogP contribution < -0.4 is 5.63 Å². The number of fused-ring (bicyclic) bond motifs is 1.